The number of carboxylic acids is 1. The van der Waals surface area contributed by atoms with Crippen LogP contribution in [0, 0.1) is 6.92 Å². The summed E-state index contributed by atoms with van der Waals surface area (Å²) in [6.07, 6.45) is 3.31. The van der Waals surface area contributed by atoms with Crippen molar-refractivity contribution in [1.82, 2.24) is 14.5 Å². The van der Waals surface area contributed by atoms with E-state index in [2.05, 4.69) is 9.82 Å². The molecule has 0 aliphatic carbocycles. The molecule has 0 amide bonds. The molecule has 8 heteroatoms. The summed E-state index contributed by atoms with van der Waals surface area (Å²) in [5.74, 6) is -1.17. The number of para-hydroxylation sites is 1. The lowest BCUT2D eigenvalue weighted by atomic mass is 10.1. The minimum atomic E-state index is -3.84. The maximum atomic E-state index is 12.5. The van der Waals surface area contributed by atoms with Gasteiger partial charge in [-0.25, -0.2) is 22.6 Å². The normalized spacial score (nSPS) is 11.4. The van der Waals surface area contributed by atoms with Crippen molar-refractivity contribution in [2.75, 3.05) is 0 Å². The van der Waals surface area contributed by atoms with Crippen molar-refractivity contribution >= 4 is 16.0 Å². The molecule has 0 fully saturated rings. The lowest BCUT2D eigenvalue weighted by Crippen LogP contribution is -2.23. The van der Waals surface area contributed by atoms with E-state index < -0.39 is 16.0 Å². The molecule has 0 saturated heterocycles. The van der Waals surface area contributed by atoms with Crippen LogP contribution in [0.3, 0.4) is 0 Å². The summed E-state index contributed by atoms with van der Waals surface area (Å²) < 4.78 is 29.1. The SMILES string of the molecule is Cc1cc(C(=O)O)cc(S(=O)(=O)NCc2cnn(-c3ccccc3)c2)c1. The molecule has 3 aromatic rings. The number of nitrogens with one attached hydrogen (secondary N) is 1. The molecule has 0 saturated carbocycles. The van der Waals surface area contributed by atoms with Crippen LogP contribution in [0.5, 0.6) is 0 Å². The number of sulfonamides is 1. The number of aryl methyl sites for hydroxylation is 1. The molecule has 0 radical (unpaired) electrons. The van der Waals surface area contributed by atoms with Crippen LogP contribution in [0.25, 0.3) is 5.69 Å². The Morgan fingerprint density at radius 2 is 1.92 bits per heavy atom. The molecule has 134 valence electrons. The first-order chi connectivity index (χ1) is 12.3. The Kier molecular flexibility index (Phi) is 4.88. The van der Waals surface area contributed by atoms with Crippen LogP contribution in [-0.4, -0.2) is 29.3 Å². The van der Waals surface area contributed by atoms with E-state index in [9.17, 15) is 13.2 Å². The van der Waals surface area contributed by atoms with Crippen LogP contribution < -0.4 is 4.72 Å². The highest BCUT2D eigenvalue weighted by molar-refractivity contribution is 7.89. The monoisotopic (exact) mass is 371 g/mol. The third-order valence-electron chi connectivity index (χ3n) is 3.73. The molecule has 1 aromatic heterocycles. The van der Waals surface area contributed by atoms with E-state index in [0.717, 1.165) is 11.8 Å². The van der Waals surface area contributed by atoms with E-state index in [0.29, 0.717) is 11.1 Å². The molecular formula is C18H17N3O4S. The van der Waals surface area contributed by atoms with Crippen LogP contribution in [0.4, 0.5) is 0 Å². The number of aromatic nitrogens is 2. The summed E-state index contributed by atoms with van der Waals surface area (Å²) in [7, 11) is -3.84. The Bertz CT molecular complexity index is 1040. The van der Waals surface area contributed by atoms with E-state index in [1.807, 2.05) is 30.3 Å². The molecular weight excluding hydrogens is 354 g/mol. The third-order valence-corrected chi connectivity index (χ3v) is 5.11. The van der Waals surface area contributed by atoms with Gasteiger partial charge in [0, 0.05) is 18.3 Å². The number of aromatic carboxylic acids is 1. The van der Waals surface area contributed by atoms with E-state index in [1.165, 1.54) is 12.1 Å². The maximum absolute atomic E-state index is 12.5. The number of nitrogens with zero attached hydrogens (tertiary/aromatic N) is 2. The van der Waals surface area contributed by atoms with Crippen LogP contribution in [0.1, 0.15) is 21.5 Å². The molecule has 0 bridgehead atoms. The summed E-state index contributed by atoms with van der Waals surface area (Å²) in [4.78, 5) is 11.0. The van der Waals surface area contributed by atoms with Gasteiger partial charge in [0.15, 0.2) is 0 Å². The van der Waals surface area contributed by atoms with Crippen LogP contribution in [0.2, 0.25) is 0 Å². The Morgan fingerprint density at radius 1 is 1.19 bits per heavy atom. The molecule has 0 atom stereocenters. The summed E-state index contributed by atoms with van der Waals surface area (Å²) >= 11 is 0. The maximum Gasteiger partial charge on any atom is 0.335 e. The van der Waals surface area contributed by atoms with E-state index >= 15 is 0 Å². The number of carboxylic acid groups (broad SMARTS) is 1. The minimum Gasteiger partial charge on any atom is -0.478 e. The predicted molar refractivity (Wildman–Crippen MR) is 95.7 cm³/mol. The zero-order valence-electron chi connectivity index (χ0n) is 14.0. The zero-order chi connectivity index (χ0) is 18.7. The first kappa shape index (κ1) is 17.8. The predicted octanol–water partition coefficient (Wildman–Crippen LogP) is 2.36. The quantitative estimate of drug-likeness (QED) is 0.693. The Hall–Kier alpha value is -2.97. The molecule has 7 nitrogen and oxygen atoms in total. The fraction of sp³-hybridized carbons (Fsp3) is 0.111. The van der Waals surface area contributed by atoms with Crippen LogP contribution in [-0.2, 0) is 16.6 Å². The number of rotatable bonds is 6. The van der Waals surface area contributed by atoms with Gasteiger partial charge in [-0.2, -0.15) is 5.10 Å². The topological polar surface area (TPSA) is 101 Å². The van der Waals surface area contributed by atoms with Gasteiger partial charge >= 0.3 is 5.97 Å². The van der Waals surface area contributed by atoms with Gasteiger partial charge < -0.3 is 5.11 Å². The van der Waals surface area contributed by atoms with Gasteiger partial charge in [0.25, 0.3) is 0 Å². The average Bonchev–Trinajstić information content (AvgIpc) is 3.09. The lowest BCUT2D eigenvalue weighted by molar-refractivity contribution is 0.0696. The summed E-state index contributed by atoms with van der Waals surface area (Å²) in [6.45, 7) is 1.70. The van der Waals surface area contributed by atoms with E-state index in [1.54, 1.807) is 24.0 Å². The van der Waals surface area contributed by atoms with Gasteiger partial charge in [-0.15, -0.1) is 0 Å². The Balaban J connectivity index is 1.77. The molecule has 0 unspecified atom stereocenters. The molecule has 0 aliphatic rings. The van der Waals surface area contributed by atoms with Crippen LogP contribution >= 0.6 is 0 Å². The van der Waals surface area contributed by atoms with Gasteiger partial charge in [0.05, 0.1) is 22.3 Å². The molecule has 2 N–H and O–H groups in total. The largest absolute Gasteiger partial charge is 0.478 e. The van der Waals surface area contributed by atoms with Gasteiger partial charge in [-0.3, -0.25) is 0 Å². The van der Waals surface area contributed by atoms with Gasteiger partial charge in [-0.05, 0) is 42.8 Å². The molecule has 0 aliphatic heterocycles. The molecule has 0 spiro atoms. The molecule has 26 heavy (non-hydrogen) atoms. The zero-order valence-corrected chi connectivity index (χ0v) is 14.8. The number of hydrogen-bond donors (Lipinski definition) is 2. The first-order valence-electron chi connectivity index (χ1n) is 7.79. The standard InChI is InChI=1S/C18H17N3O4S/c1-13-7-15(18(22)23)9-17(8-13)26(24,25)20-11-14-10-19-21(12-14)16-5-3-2-4-6-16/h2-10,12,20H,11H2,1H3,(H,22,23). The van der Waals surface area contributed by atoms with Crippen molar-refractivity contribution in [2.45, 2.75) is 18.4 Å². The summed E-state index contributed by atoms with van der Waals surface area (Å²) in [6, 6.07) is 13.4. The molecule has 3 rings (SSSR count). The van der Waals surface area contributed by atoms with Crippen molar-refractivity contribution in [3.63, 3.8) is 0 Å². The summed E-state index contributed by atoms with van der Waals surface area (Å²) in [5, 5.41) is 13.3. The Labute approximate surface area is 151 Å². The average molecular weight is 371 g/mol. The number of carbonyl (C=O) groups is 1. The summed E-state index contributed by atoms with van der Waals surface area (Å²) in [5.41, 5.74) is 2.04. The first-order valence-corrected chi connectivity index (χ1v) is 9.27. The lowest BCUT2D eigenvalue weighted by Gasteiger charge is -2.08. The second-order valence-electron chi connectivity index (χ2n) is 5.79. The van der Waals surface area contributed by atoms with Crippen molar-refractivity contribution in [3.05, 3.63) is 77.6 Å². The second-order valence-corrected chi connectivity index (χ2v) is 7.56. The third kappa shape index (κ3) is 3.98. The van der Waals surface area contributed by atoms with Gasteiger partial charge in [-0.1, -0.05) is 18.2 Å². The highest BCUT2D eigenvalue weighted by Gasteiger charge is 2.17. The van der Waals surface area contributed by atoms with E-state index in [4.69, 9.17) is 5.11 Å². The van der Waals surface area contributed by atoms with E-state index in [-0.39, 0.29) is 17.0 Å². The van der Waals surface area contributed by atoms with Crippen molar-refractivity contribution < 1.29 is 18.3 Å². The van der Waals surface area contributed by atoms with Crippen molar-refractivity contribution in [3.8, 4) is 5.69 Å². The number of hydrogen-bond acceptors (Lipinski definition) is 4. The smallest absolute Gasteiger partial charge is 0.335 e. The Morgan fingerprint density at radius 3 is 2.62 bits per heavy atom. The van der Waals surface area contributed by atoms with Crippen molar-refractivity contribution in [1.29, 1.82) is 0 Å². The van der Waals surface area contributed by atoms with Crippen LogP contribution in [0.15, 0.2) is 65.8 Å². The highest BCUT2D eigenvalue weighted by Crippen LogP contribution is 2.16. The fourth-order valence-electron chi connectivity index (χ4n) is 2.46. The van der Waals surface area contributed by atoms with Crippen molar-refractivity contribution in [2.24, 2.45) is 0 Å². The number of benzene rings is 2. The fourth-order valence-corrected chi connectivity index (χ4v) is 3.61. The molecule has 1 heterocycles. The highest BCUT2D eigenvalue weighted by atomic mass is 32.2. The second kappa shape index (κ2) is 7.11. The molecule has 2 aromatic carbocycles. The van der Waals surface area contributed by atoms with Gasteiger partial charge in [0.1, 0.15) is 0 Å². The van der Waals surface area contributed by atoms with Gasteiger partial charge in [0.2, 0.25) is 10.0 Å². The minimum absolute atomic E-state index is 0.0471.